The quantitative estimate of drug-likeness (QED) is 0.692. The van der Waals surface area contributed by atoms with Crippen LogP contribution in [0.4, 0.5) is 0 Å². The van der Waals surface area contributed by atoms with E-state index in [-0.39, 0.29) is 12.6 Å². The number of halogens is 1. The lowest BCUT2D eigenvalue weighted by molar-refractivity contribution is 0.243. The molecular formula is C19H20ClN3O. The molecule has 4 nitrogen and oxygen atoms in total. The minimum Gasteiger partial charge on any atom is -0.394 e. The van der Waals surface area contributed by atoms with Crippen molar-refractivity contribution in [3.63, 3.8) is 0 Å². The number of hydrogen-bond donors (Lipinski definition) is 2. The fourth-order valence-electron chi connectivity index (χ4n) is 2.58. The van der Waals surface area contributed by atoms with E-state index in [0.717, 1.165) is 17.7 Å². The number of hydrogen-bond acceptors (Lipinski definition) is 3. The molecule has 1 atom stereocenters. The predicted molar refractivity (Wildman–Crippen MR) is 95.9 cm³/mol. The van der Waals surface area contributed by atoms with E-state index in [2.05, 4.69) is 22.5 Å². The highest BCUT2D eigenvalue weighted by molar-refractivity contribution is 6.30. The first-order chi connectivity index (χ1) is 11.7. The number of nitrogens with one attached hydrogen (secondary N) is 1. The molecule has 3 aromatic rings. The fourth-order valence-corrected chi connectivity index (χ4v) is 2.70. The number of benzene rings is 2. The Kier molecular flexibility index (Phi) is 5.64. The van der Waals surface area contributed by atoms with Crippen LogP contribution in [-0.2, 0) is 13.1 Å². The van der Waals surface area contributed by atoms with Crippen LogP contribution in [0.3, 0.4) is 0 Å². The summed E-state index contributed by atoms with van der Waals surface area (Å²) in [6.07, 6.45) is 3.88. The molecule has 2 N–H and O–H groups in total. The largest absolute Gasteiger partial charge is 0.394 e. The Labute approximate surface area is 146 Å². The molecule has 0 radical (unpaired) electrons. The topological polar surface area (TPSA) is 50.1 Å². The summed E-state index contributed by atoms with van der Waals surface area (Å²) in [5.74, 6) is 0. The molecule has 1 heterocycles. The van der Waals surface area contributed by atoms with E-state index in [1.807, 2.05) is 59.5 Å². The third kappa shape index (κ3) is 4.45. The number of nitrogens with zero attached hydrogens (tertiary/aromatic N) is 2. The van der Waals surface area contributed by atoms with Crippen LogP contribution in [0, 0.1) is 0 Å². The first kappa shape index (κ1) is 16.7. The van der Waals surface area contributed by atoms with Gasteiger partial charge in [-0.2, -0.15) is 5.10 Å². The van der Waals surface area contributed by atoms with Crippen molar-refractivity contribution >= 4 is 11.6 Å². The van der Waals surface area contributed by atoms with Crippen LogP contribution in [0.2, 0.25) is 5.02 Å². The van der Waals surface area contributed by atoms with Crippen molar-refractivity contribution < 1.29 is 5.11 Å². The molecule has 24 heavy (non-hydrogen) atoms. The molecule has 0 aliphatic heterocycles. The van der Waals surface area contributed by atoms with Gasteiger partial charge in [-0.25, -0.2) is 0 Å². The first-order valence-electron chi connectivity index (χ1n) is 7.89. The van der Waals surface area contributed by atoms with E-state index in [1.54, 1.807) is 0 Å². The molecule has 3 rings (SSSR count). The molecule has 0 saturated heterocycles. The van der Waals surface area contributed by atoms with Gasteiger partial charge in [0.05, 0.1) is 25.4 Å². The summed E-state index contributed by atoms with van der Waals surface area (Å²) in [7, 11) is 0. The van der Waals surface area contributed by atoms with Crippen molar-refractivity contribution in [3.05, 3.63) is 88.7 Å². The zero-order valence-corrected chi connectivity index (χ0v) is 14.0. The zero-order valence-electron chi connectivity index (χ0n) is 13.3. The van der Waals surface area contributed by atoms with Gasteiger partial charge >= 0.3 is 0 Å². The average Bonchev–Trinajstić information content (AvgIpc) is 3.05. The highest BCUT2D eigenvalue weighted by atomic mass is 35.5. The molecule has 0 fully saturated rings. The van der Waals surface area contributed by atoms with E-state index in [0.29, 0.717) is 11.6 Å². The Morgan fingerprint density at radius 2 is 1.79 bits per heavy atom. The lowest BCUT2D eigenvalue weighted by Gasteiger charge is -2.16. The number of rotatable bonds is 7. The molecule has 0 aliphatic rings. The van der Waals surface area contributed by atoms with Crippen molar-refractivity contribution in [2.24, 2.45) is 0 Å². The summed E-state index contributed by atoms with van der Waals surface area (Å²) >= 11 is 5.91. The van der Waals surface area contributed by atoms with Gasteiger partial charge in [0.1, 0.15) is 0 Å². The van der Waals surface area contributed by atoms with Crippen molar-refractivity contribution in [1.82, 2.24) is 15.1 Å². The molecule has 0 spiro atoms. The van der Waals surface area contributed by atoms with Crippen LogP contribution >= 0.6 is 11.6 Å². The van der Waals surface area contributed by atoms with Gasteiger partial charge in [-0.05, 0) is 23.3 Å². The van der Waals surface area contributed by atoms with Crippen LogP contribution in [0.25, 0.3) is 0 Å². The van der Waals surface area contributed by atoms with Gasteiger partial charge in [0.2, 0.25) is 0 Å². The van der Waals surface area contributed by atoms with Crippen molar-refractivity contribution in [2.75, 3.05) is 6.61 Å². The molecule has 0 aliphatic carbocycles. The maximum absolute atomic E-state index is 9.61. The van der Waals surface area contributed by atoms with Crippen molar-refractivity contribution in [2.45, 2.75) is 19.1 Å². The van der Waals surface area contributed by atoms with E-state index in [4.69, 9.17) is 11.6 Å². The van der Waals surface area contributed by atoms with Gasteiger partial charge in [0.25, 0.3) is 0 Å². The van der Waals surface area contributed by atoms with Gasteiger partial charge < -0.3 is 10.4 Å². The van der Waals surface area contributed by atoms with E-state index in [9.17, 15) is 5.11 Å². The lowest BCUT2D eigenvalue weighted by atomic mass is 10.1. The normalized spacial score (nSPS) is 12.2. The molecule has 124 valence electrons. The van der Waals surface area contributed by atoms with Crippen LogP contribution in [0.15, 0.2) is 67.0 Å². The molecule has 0 amide bonds. The summed E-state index contributed by atoms with van der Waals surface area (Å²) in [6.45, 7) is 1.42. The Morgan fingerprint density at radius 3 is 2.50 bits per heavy atom. The highest BCUT2D eigenvalue weighted by Crippen LogP contribution is 2.17. The fraction of sp³-hybridized carbons (Fsp3) is 0.211. The minimum atomic E-state index is -0.125. The second-order valence-corrected chi connectivity index (χ2v) is 6.14. The smallest absolute Gasteiger partial charge is 0.0659 e. The summed E-state index contributed by atoms with van der Waals surface area (Å²) in [5.41, 5.74) is 3.31. The van der Waals surface area contributed by atoms with Gasteiger partial charge in [0.15, 0.2) is 0 Å². The predicted octanol–water partition coefficient (Wildman–Crippen LogP) is 3.41. The molecule has 2 aromatic carbocycles. The molecule has 5 heteroatoms. The van der Waals surface area contributed by atoms with Crippen LogP contribution in [0.5, 0.6) is 0 Å². The third-order valence-corrected chi connectivity index (χ3v) is 4.13. The van der Waals surface area contributed by atoms with E-state index >= 15 is 0 Å². The molecule has 1 aromatic heterocycles. The van der Waals surface area contributed by atoms with Crippen molar-refractivity contribution in [1.29, 1.82) is 0 Å². The maximum Gasteiger partial charge on any atom is 0.0659 e. The Morgan fingerprint density at radius 1 is 1.04 bits per heavy atom. The average molecular weight is 342 g/mol. The molecule has 1 unspecified atom stereocenters. The second-order valence-electron chi connectivity index (χ2n) is 5.70. The standard InChI is InChI=1S/C19H20ClN3O/c20-18-8-6-17(7-9-18)19(14-24)21-10-16-11-22-23(13-16)12-15-4-2-1-3-5-15/h1-9,11,13,19,21,24H,10,12,14H2. The van der Waals surface area contributed by atoms with Gasteiger partial charge in [-0.1, -0.05) is 54.1 Å². The summed E-state index contributed by atoms with van der Waals surface area (Å²) in [5, 5.41) is 18.1. The van der Waals surface area contributed by atoms with Gasteiger partial charge in [-0.3, -0.25) is 4.68 Å². The number of aromatic nitrogens is 2. The summed E-state index contributed by atoms with van der Waals surface area (Å²) in [4.78, 5) is 0. The van der Waals surface area contributed by atoms with Crippen LogP contribution in [-0.4, -0.2) is 21.5 Å². The Bertz CT molecular complexity index is 756. The molecule has 0 saturated carbocycles. The summed E-state index contributed by atoms with van der Waals surface area (Å²) in [6, 6.07) is 17.6. The maximum atomic E-state index is 9.61. The SMILES string of the molecule is OCC(NCc1cnn(Cc2ccccc2)c1)c1ccc(Cl)cc1. The number of aliphatic hydroxyl groups excluding tert-OH is 1. The lowest BCUT2D eigenvalue weighted by Crippen LogP contribution is -2.23. The van der Waals surface area contributed by atoms with Gasteiger partial charge in [-0.15, -0.1) is 0 Å². The third-order valence-electron chi connectivity index (χ3n) is 3.88. The Hall–Kier alpha value is -2.14. The van der Waals surface area contributed by atoms with Gasteiger partial charge in [0, 0.05) is 23.3 Å². The van der Waals surface area contributed by atoms with Crippen LogP contribution < -0.4 is 5.32 Å². The van der Waals surface area contributed by atoms with Crippen LogP contribution in [0.1, 0.15) is 22.7 Å². The highest BCUT2D eigenvalue weighted by Gasteiger charge is 2.10. The molecule has 0 bridgehead atoms. The zero-order chi connectivity index (χ0) is 16.8. The first-order valence-corrected chi connectivity index (χ1v) is 8.27. The second kappa shape index (κ2) is 8.11. The Balaban J connectivity index is 1.59. The van der Waals surface area contributed by atoms with Crippen molar-refractivity contribution in [3.8, 4) is 0 Å². The van der Waals surface area contributed by atoms with E-state index in [1.165, 1.54) is 5.56 Å². The number of aliphatic hydroxyl groups is 1. The molecular weight excluding hydrogens is 322 g/mol. The monoisotopic (exact) mass is 341 g/mol. The van der Waals surface area contributed by atoms with E-state index < -0.39 is 0 Å². The minimum absolute atomic E-state index is 0.0276. The summed E-state index contributed by atoms with van der Waals surface area (Å²) < 4.78 is 1.92.